The topological polar surface area (TPSA) is 94.8 Å². The van der Waals surface area contributed by atoms with E-state index in [-0.39, 0.29) is 19.3 Å². The van der Waals surface area contributed by atoms with E-state index in [1.807, 2.05) is 0 Å². The van der Waals surface area contributed by atoms with E-state index in [2.05, 4.69) is 12.2 Å². The maximum absolute atomic E-state index is 9.79. The molecule has 1 aliphatic rings. The third-order valence-electron chi connectivity index (χ3n) is 2.13. The molecule has 0 saturated heterocycles. The second-order valence-corrected chi connectivity index (χ2v) is 3.59. The van der Waals surface area contributed by atoms with Crippen LogP contribution < -0.4 is 0 Å². The Morgan fingerprint density at radius 3 is 2.00 bits per heavy atom. The molecule has 0 heterocycles. The second kappa shape index (κ2) is 8.91. The van der Waals surface area contributed by atoms with Gasteiger partial charge < -0.3 is 15.3 Å². The van der Waals surface area contributed by atoms with Gasteiger partial charge in [-0.05, 0) is 19.3 Å². The summed E-state index contributed by atoms with van der Waals surface area (Å²) in [5, 5.41) is 24.6. The minimum absolute atomic E-state index is 0.0632. The number of rotatable bonds is 5. The molecule has 5 heteroatoms. The van der Waals surface area contributed by atoms with Gasteiger partial charge in [0.25, 0.3) is 0 Å². The highest BCUT2D eigenvalue weighted by Gasteiger charge is 2.05. The molecule has 92 valence electrons. The summed E-state index contributed by atoms with van der Waals surface area (Å²) in [4.78, 5) is 19.6. The molecule has 1 unspecified atom stereocenters. The maximum atomic E-state index is 9.79. The Hall–Kier alpha value is -1.36. The van der Waals surface area contributed by atoms with Crippen LogP contribution in [0, 0.1) is 5.92 Å². The van der Waals surface area contributed by atoms with Crippen LogP contribution in [0.25, 0.3) is 0 Å². The van der Waals surface area contributed by atoms with Crippen molar-refractivity contribution in [3.63, 3.8) is 0 Å². The molecule has 3 N–H and O–H groups in total. The summed E-state index contributed by atoms with van der Waals surface area (Å²) >= 11 is 0. The van der Waals surface area contributed by atoms with Crippen molar-refractivity contribution in [1.82, 2.24) is 0 Å². The predicted octanol–water partition coefficient (Wildman–Crippen LogP) is 1.27. The van der Waals surface area contributed by atoms with E-state index in [4.69, 9.17) is 15.3 Å². The van der Waals surface area contributed by atoms with Gasteiger partial charge in [-0.2, -0.15) is 0 Å². The van der Waals surface area contributed by atoms with Gasteiger partial charge in [-0.3, -0.25) is 9.59 Å². The van der Waals surface area contributed by atoms with Gasteiger partial charge in [0.1, 0.15) is 0 Å². The quantitative estimate of drug-likeness (QED) is 0.618. The molecule has 0 bridgehead atoms. The molecule has 1 rings (SSSR count). The van der Waals surface area contributed by atoms with Crippen molar-refractivity contribution in [3.8, 4) is 0 Å². The summed E-state index contributed by atoms with van der Waals surface area (Å²) in [6, 6.07) is 0. The Morgan fingerprint density at radius 2 is 1.75 bits per heavy atom. The summed E-state index contributed by atoms with van der Waals surface area (Å²) in [6.07, 6.45) is 6.60. The number of carboxylic acids is 2. The molecule has 1 atom stereocenters. The molecule has 0 amide bonds. The lowest BCUT2D eigenvalue weighted by Crippen LogP contribution is -1.98. The monoisotopic (exact) mass is 230 g/mol. The molecule has 16 heavy (non-hydrogen) atoms. The number of aliphatic hydroxyl groups is 1. The molecule has 0 aromatic heterocycles. The highest BCUT2D eigenvalue weighted by Crippen LogP contribution is 2.14. The summed E-state index contributed by atoms with van der Waals surface area (Å²) in [5.41, 5.74) is 0. The second-order valence-electron chi connectivity index (χ2n) is 3.59. The van der Waals surface area contributed by atoms with E-state index >= 15 is 0 Å². The first-order valence-corrected chi connectivity index (χ1v) is 5.27. The SMILES string of the molecule is O=C(O)CCCC(=O)O.OCC1C=CCC1. The van der Waals surface area contributed by atoms with Crippen LogP contribution in [0.15, 0.2) is 12.2 Å². The first-order valence-electron chi connectivity index (χ1n) is 5.27. The fraction of sp³-hybridized carbons (Fsp3) is 0.636. The first kappa shape index (κ1) is 14.6. The van der Waals surface area contributed by atoms with E-state index in [1.165, 1.54) is 0 Å². The Balaban J connectivity index is 0.000000288. The van der Waals surface area contributed by atoms with Gasteiger partial charge in [0.05, 0.1) is 0 Å². The summed E-state index contributed by atoms with van der Waals surface area (Å²) < 4.78 is 0. The molecule has 0 aromatic rings. The fourth-order valence-electron chi connectivity index (χ4n) is 1.24. The summed E-state index contributed by atoms with van der Waals surface area (Å²) in [5.74, 6) is -1.42. The van der Waals surface area contributed by atoms with Gasteiger partial charge in [0, 0.05) is 25.4 Å². The van der Waals surface area contributed by atoms with Crippen LogP contribution in [0.5, 0.6) is 0 Å². The molecule has 0 radical (unpaired) electrons. The zero-order valence-electron chi connectivity index (χ0n) is 9.13. The standard InChI is InChI=1S/C6H10O.C5H8O4/c7-5-6-3-1-2-4-6;6-4(7)2-1-3-5(8)9/h1,3,6-7H,2,4-5H2;1-3H2,(H,6,7)(H,8,9). The summed E-state index contributed by atoms with van der Waals surface area (Å²) in [7, 11) is 0. The van der Waals surface area contributed by atoms with Gasteiger partial charge in [0.15, 0.2) is 0 Å². The summed E-state index contributed by atoms with van der Waals surface area (Å²) in [6.45, 7) is 0.330. The van der Waals surface area contributed by atoms with E-state index in [0.717, 1.165) is 12.8 Å². The lowest BCUT2D eigenvalue weighted by molar-refractivity contribution is -0.138. The molecule has 0 aromatic carbocycles. The first-order chi connectivity index (χ1) is 7.56. The average molecular weight is 230 g/mol. The van der Waals surface area contributed by atoms with Crippen molar-refractivity contribution >= 4 is 11.9 Å². The molecule has 5 nitrogen and oxygen atoms in total. The van der Waals surface area contributed by atoms with E-state index < -0.39 is 11.9 Å². The Bertz CT molecular complexity index is 233. The minimum atomic E-state index is -0.948. The zero-order valence-corrected chi connectivity index (χ0v) is 9.13. The largest absolute Gasteiger partial charge is 0.481 e. The third kappa shape index (κ3) is 9.21. The van der Waals surface area contributed by atoms with E-state index in [0.29, 0.717) is 12.5 Å². The van der Waals surface area contributed by atoms with Gasteiger partial charge in [-0.25, -0.2) is 0 Å². The maximum Gasteiger partial charge on any atom is 0.303 e. The zero-order chi connectivity index (χ0) is 12.4. The van der Waals surface area contributed by atoms with E-state index in [9.17, 15) is 9.59 Å². The van der Waals surface area contributed by atoms with Crippen LogP contribution in [-0.4, -0.2) is 33.9 Å². The van der Waals surface area contributed by atoms with Crippen LogP contribution >= 0.6 is 0 Å². The Kier molecular flexibility index (Phi) is 8.15. The van der Waals surface area contributed by atoms with Gasteiger partial charge >= 0.3 is 11.9 Å². The predicted molar refractivity (Wildman–Crippen MR) is 58.1 cm³/mol. The molecule has 0 aliphatic heterocycles. The number of aliphatic hydroxyl groups excluding tert-OH is 1. The number of allylic oxidation sites excluding steroid dienone is 1. The fourth-order valence-corrected chi connectivity index (χ4v) is 1.24. The third-order valence-corrected chi connectivity index (χ3v) is 2.13. The average Bonchev–Trinajstić information content (AvgIpc) is 2.69. The minimum Gasteiger partial charge on any atom is -0.481 e. The molecular formula is C11H18O5. The van der Waals surface area contributed by atoms with Crippen LogP contribution in [0.3, 0.4) is 0 Å². The number of hydrogen-bond acceptors (Lipinski definition) is 3. The Labute approximate surface area is 94.4 Å². The highest BCUT2D eigenvalue weighted by atomic mass is 16.4. The van der Waals surface area contributed by atoms with Crippen molar-refractivity contribution in [1.29, 1.82) is 0 Å². The normalized spacial score (nSPS) is 17.7. The molecule has 0 saturated carbocycles. The van der Waals surface area contributed by atoms with Gasteiger partial charge in [-0.15, -0.1) is 0 Å². The highest BCUT2D eigenvalue weighted by molar-refractivity contribution is 5.69. The molecule has 1 aliphatic carbocycles. The van der Waals surface area contributed by atoms with Crippen LogP contribution in [0.2, 0.25) is 0 Å². The van der Waals surface area contributed by atoms with Crippen LogP contribution in [0.4, 0.5) is 0 Å². The van der Waals surface area contributed by atoms with Gasteiger partial charge in [-0.1, -0.05) is 12.2 Å². The van der Waals surface area contributed by atoms with E-state index in [1.54, 1.807) is 0 Å². The number of carboxylic acid groups (broad SMARTS) is 2. The Morgan fingerprint density at radius 1 is 1.19 bits per heavy atom. The van der Waals surface area contributed by atoms with Crippen molar-refractivity contribution in [2.24, 2.45) is 5.92 Å². The van der Waals surface area contributed by atoms with Crippen molar-refractivity contribution < 1.29 is 24.9 Å². The van der Waals surface area contributed by atoms with Crippen molar-refractivity contribution in [2.45, 2.75) is 32.1 Å². The molecule has 0 fully saturated rings. The van der Waals surface area contributed by atoms with Crippen LogP contribution in [-0.2, 0) is 9.59 Å². The lowest BCUT2D eigenvalue weighted by Gasteiger charge is -1.97. The number of hydrogen-bond donors (Lipinski definition) is 3. The lowest BCUT2D eigenvalue weighted by atomic mass is 10.1. The number of aliphatic carboxylic acids is 2. The van der Waals surface area contributed by atoms with Crippen molar-refractivity contribution in [3.05, 3.63) is 12.2 Å². The smallest absolute Gasteiger partial charge is 0.303 e. The van der Waals surface area contributed by atoms with Crippen molar-refractivity contribution in [2.75, 3.05) is 6.61 Å². The molecular weight excluding hydrogens is 212 g/mol. The number of carbonyl (C=O) groups is 2. The molecule has 0 spiro atoms. The van der Waals surface area contributed by atoms with Crippen LogP contribution in [0.1, 0.15) is 32.1 Å². The van der Waals surface area contributed by atoms with Gasteiger partial charge in [0.2, 0.25) is 0 Å².